The fourth-order valence-electron chi connectivity index (χ4n) is 4.63. The summed E-state index contributed by atoms with van der Waals surface area (Å²) in [5.41, 5.74) is 5.35. The Morgan fingerprint density at radius 3 is 1.41 bits per heavy atom. The molecule has 0 aromatic carbocycles. The van der Waals surface area contributed by atoms with Crippen LogP contribution in [-0.4, -0.2) is 50.6 Å². The maximum atomic E-state index is 12.0. The standard InChI is InChI=1S/C31H66NO6P/c1-3-5-7-9-11-13-15-17-19-21-23-26-35-29-31(30-38-39(33,34)37-28-25-32)36-27-24-22-20-18-16-14-12-10-8-6-4-2/h31H,3-30,32H2,1-2H3,(H,33,34). The molecule has 0 radical (unpaired) electrons. The molecule has 2 atom stereocenters. The van der Waals surface area contributed by atoms with Crippen molar-refractivity contribution in [3.05, 3.63) is 0 Å². The molecule has 0 aromatic rings. The lowest BCUT2D eigenvalue weighted by Gasteiger charge is -2.20. The fraction of sp³-hybridized carbons (Fsp3) is 1.00. The van der Waals surface area contributed by atoms with Crippen LogP contribution in [0.15, 0.2) is 0 Å². The third-order valence-electron chi connectivity index (χ3n) is 7.09. The zero-order valence-corrected chi connectivity index (χ0v) is 26.8. The summed E-state index contributed by atoms with van der Waals surface area (Å²) in [5.74, 6) is 0. The van der Waals surface area contributed by atoms with Crippen molar-refractivity contribution in [3.63, 3.8) is 0 Å². The predicted octanol–water partition coefficient (Wildman–Crippen LogP) is 9.10. The van der Waals surface area contributed by atoms with Crippen LogP contribution in [-0.2, 0) is 23.1 Å². The van der Waals surface area contributed by atoms with Crippen LogP contribution >= 0.6 is 7.82 Å². The molecule has 0 saturated carbocycles. The van der Waals surface area contributed by atoms with Gasteiger partial charge in [-0.15, -0.1) is 0 Å². The quantitative estimate of drug-likeness (QED) is 0.0590. The second-order valence-electron chi connectivity index (χ2n) is 11.0. The van der Waals surface area contributed by atoms with Crippen LogP contribution in [0.4, 0.5) is 0 Å². The second-order valence-corrected chi connectivity index (χ2v) is 12.5. The minimum atomic E-state index is -4.12. The monoisotopic (exact) mass is 579 g/mol. The largest absolute Gasteiger partial charge is 0.472 e. The summed E-state index contributed by atoms with van der Waals surface area (Å²) >= 11 is 0. The number of nitrogens with two attached hydrogens (primary N) is 1. The third kappa shape index (κ3) is 30.8. The van der Waals surface area contributed by atoms with Crippen molar-refractivity contribution < 1.29 is 28.0 Å². The molecule has 236 valence electrons. The maximum absolute atomic E-state index is 12.0. The number of phosphoric acid groups is 1. The van der Waals surface area contributed by atoms with Crippen LogP contribution < -0.4 is 5.73 Å². The summed E-state index contributed by atoms with van der Waals surface area (Å²) < 4.78 is 33.8. The molecule has 3 N–H and O–H groups in total. The molecule has 0 bridgehead atoms. The van der Waals surface area contributed by atoms with Crippen LogP contribution in [0.2, 0.25) is 0 Å². The van der Waals surface area contributed by atoms with Crippen LogP contribution in [0, 0.1) is 0 Å². The summed E-state index contributed by atoms with van der Waals surface area (Å²) in [6, 6.07) is 0. The Bertz CT molecular complexity index is 525. The van der Waals surface area contributed by atoms with E-state index in [9.17, 15) is 9.46 Å². The van der Waals surface area contributed by atoms with Gasteiger partial charge < -0.3 is 20.1 Å². The Morgan fingerprint density at radius 1 is 0.564 bits per heavy atom. The van der Waals surface area contributed by atoms with E-state index in [1.165, 1.54) is 122 Å². The molecule has 0 rings (SSSR count). The van der Waals surface area contributed by atoms with Crippen molar-refractivity contribution in [2.75, 3.05) is 39.6 Å². The van der Waals surface area contributed by atoms with Crippen molar-refractivity contribution in [1.82, 2.24) is 0 Å². The molecule has 0 spiro atoms. The zero-order chi connectivity index (χ0) is 28.7. The number of phosphoric ester groups is 1. The predicted molar refractivity (Wildman–Crippen MR) is 164 cm³/mol. The van der Waals surface area contributed by atoms with E-state index in [4.69, 9.17) is 24.3 Å². The molecule has 0 saturated heterocycles. The van der Waals surface area contributed by atoms with Crippen LogP contribution in [0.5, 0.6) is 0 Å². The van der Waals surface area contributed by atoms with E-state index in [1.54, 1.807) is 0 Å². The van der Waals surface area contributed by atoms with Crippen LogP contribution in [0.25, 0.3) is 0 Å². The Morgan fingerprint density at radius 2 is 0.974 bits per heavy atom. The molecule has 0 aliphatic heterocycles. The first kappa shape index (κ1) is 39.0. The summed E-state index contributed by atoms with van der Waals surface area (Å²) in [6.45, 7) is 6.26. The van der Waals surface area contributed by atoms with Gasteiger partial charge >= 0.3 is 7.82 Å². The van der Waals surface area contributed by atoms with Crippen LogP contribution in [0.3, 0.4) is 0 Å². The van der Waals surface area contributed by atoms with Crippen molar-refractivity contribution in [2.24, 2.45) is 5.73 Å². The minimum absolute atomic E-state index is 0.0204. The van der Waals surface area contributed by atoms with E-state index in [1.807, 2.05) is 0 Å². The van der Waals surface area contributed by atoms with Gasteiger partial charge in [0.05, 0.1) is 19.8 Å². The third-order valence-corrected chi connectivity index (χ3v) is 8.08. The number of rotatable bonds is 33. The highest BCUT2D eigenvalue weighted by Gasteiger charge is 2.23. The molecule has 39 heavy (non-hydrogen) atoms. The van der Waals surface area contributed by atoms with E-state index in [-0.39, 0.29) is 25.9 Å². The highest BCUT2D eigenvalue weighted by Crippen LogP contribution is 2.43. The molecule has 0 aliphatic rings. The molecule has 0 aromatic heterocycles. The number of ether oxygens (including phenoxy) is 2. The average Bonchev–Trinajstić information content (AvgIpc) is 2.93. The first-order chi connectivity index (χ1) is 19.1. The first-order valence-electron chi connectivity index (χ1n) is 16.6. The van der Waals surface area contributed by atoms with E-state index >= 15 is 0 Å². The molecule has 0 aliphatic carbocycles. The molecule has 2 unspecified atom stereocenters. The highest BCUT2D eigenvalue weighted by molar-refractivity contribution is 7.47. The van der Waals surface area contributed by atoms with Gasteiger partial charge in [-0.05, 0) is 12.8 Å². The van der Waals surface area contributed by atoms with Crippen molar-refractivity contribution in [1.29, 1.82) is 0 Å². The normalized spacial score (nSPS) is 14.1. The maximum Gasteiger partial charge on any atom is 0.472 e. The molecule has 0 amide bonds. The number of hydrogen-bond acceptors (Lipinski definition) is 6. The van der Waals surface area contributed by atoms with Gasteiger partial charge in [-0.3, -0.25) is 9.05 Å². The van der Waals surface area contributed by atoms with Crippen molar-refractivity contribution in [2.45, 2.75) is 161 Å². The van der Waals surface area contributed by atoms with Gasteiger partial charge in [-0.1, -0.05) is 142 Å². The second kappa shape index (κ2) is 30.9. The van der Waals surface area contributed by atoms with Crippen LogP contribution in [0.1, 0.15) is 155 Å². The van der Waals surface area contributed by atoms with E-state index in [0.717, 1.165) is 19.3 Å². The van der Waals surface area contributed by atoms with E-state index in [0.29, 0.717) is 19.8 Å². The lowest BCUT2D eigenvalue weighted by atomic mass is 10.1. The van der Waals surface area contributed by atoms with Gasteiger partial charge in [0, 0.05) is 19.8 Å². The lowest BCUT2D eigenvalue weighted by molar-refractivity contribution is -0.0443. The summed E-state index contributed by atoms with van der Waals surface area (Å²) in [4.78, 5) is 9.81. The molecule has 8 heteroatoms. The summed E-state index contributed by atoms with van der Waals surface area (Å²) in [6.07, 6.45) is 28.0. The molecule has 0 fully saturated rings. The average molecular weight is 580 g/mol. The number of unbranched alkanes of at least 4 members (excludes halogenated alkanes) is 20. The Balaban J connectivity index is 3.96. The van der Waals surface area contributed by atoms with Crippen molar-refractivity contribution >= 4 is 7.82 Å². The fourth-order valence-corrected chi connectivity index (χ4v) is 5.39. The molecule has 0 heterocycles. The molecule has 7 nitrogen and oxygen atoms in total. The van der Waals surface area contributed by atoms with Gasteiger partial charge in [-0.25, -0.2) is 4.57 Å². The van der Waals surface area contributed by atoms with Gasteiger partial charge in [0.1, 0.15) is 6.10 Å². The van der Waals surface area contributed by atoms with Gasteiger partial charge in [0.25, 0.3) is 0 Å². The summed E-state index contributed by atoms with van der Waals surface area (Å²) in [5, 5.41) is 0. The van der Waals surface area contributed by atoms with Gasteiger partial charge in [-0.2, -0.15) is 0 Å². The zero-order valence-electron chi connectivity index (χ0n) is 25.9. The Kier molecular flexibility index (Phi) is 30.9. The SMILES string of the molecule is CCCCCCCCCCCCCOCC(COP(=O)(O)OCCN)OCCCCCCCCCCCCC. The van der Waals surface area contributed by atoms with E-state index in [2.05, 4.69) is 13.8 Å². The lowest BCUT2D eigenvalue weighted by Crippen LogP contribution is -2.26. The Hall–Kier alpha value is -0.0100. The topological polar surface area (TPSA) is 100 Å². The smallest absolute Gasteiger partial charge is 0.379 e. The van der Waals surface area contributed by atoms with Gasteiger partial charge in [0.15, 0.2) is 0 Å². The molecular formula is C31H66NO6P. The highest BCUT2D eigenvalue weighted by atomic mass is 31.2. The minimum Gasteiger partial charge on any atom is -0.379 e. The first-order valence-corrected chi connectivity index (χ1v) is 18.1. The number of hydrogen-bond donors (Lipinski definition) is 2. The molecular weight excluding hydrogens is 513 g/mol. The Labute approximate surface area is 242 Å². The summed E-state index contributed by atoms with van der Waals surface area (Å²) in [7, 11) is -4.12. The van der Waals surface area contributed by atoms with E-state index < -0.39 is 7.82 Å². The van der Waals surface area contributed by atoms with Gasteiger partial charge in [0.2, 0.25) is 0 Å². The van der Waals surface area contributed by atoms with Crippen molar-refractivity contribution in [3.8, 4) is 0 Å².